The molecule has 134 valence electrons. The van der Waals surface area contributed by atoms with Crippen LogP contribution in [0.15, 0.2) is 40.0 Å². The highest BCUT2D eigenvalue weighted by Gasteiger charge is 2.34. The van der Waals surface area contributed by atoms with E-state index in [1.807, 2.05) is 30.3 Å². The molecule has 0 aliphatic carbocycles. The lowest BCUT2D eigenvalue weighted by atomic mass is 10.2. The third-order valence-electron chi connectivity index (χ3n) is 4.16. The zero-order valence-electron chi connectivity index (χ0n) is 14.0. The Morgan fingerprint density at radius 2 is 2.04 bits per heavy atom. The van der Waals surface area contributed by atoms with E-state index in [1.165, 1.54) is 16.7 Å². The number of hydrogen-bond acceptors (Lipinski definition) is 7. The van der Waals surface area contributed by atoms with Crippen LogP contribution in [0.25, 0.3) is 11.5 Å². The average Bonchev–Trinajstić information content (AvgIpc) is 3.20. The summed E-state index contributed by atoms with van der Waals surface area (Å²) in [6.45, 7) is 1.75. The summed E-state index contributed by atoms with van der Waals surface area (Å²) in [5.41, 5.74) is 0.814. The Kier molecular flexibility index (Phi) is 5.14. The second-order valence-corrected chi connectivity index (χ2v) is 9.53. The van der Waals surface area contributed by atoms with Gasteiger partial charge in [-0.2, -0.15) is 0 Å². The summed E-state index contributed by atoms with van der Waals surface area (Å²) < 4.78 is 28.8. The highest BCUT2D eigenvalue weighted by atomic mass is 32.2. The molecule has 2 aromatic rings. The number of carbonyl (C=O) groups excluding carboxylic acids is 1. The molecule has 3 rings (SSSR count). The Balaban J connectivity index is 1.63. The lowest BCUT2D eigenvalue weighted by Crippen LogP contribution is -2.41. The largest absolute Gasteiger partial charge is 0.411 e. The van der Waals surface area contributed by atoms with Crippen molar-refractivity contribution in [3.8, 4) is 11.5 Å². The highest BCUT2D eigenvalue weighted by molar-refractivity contribution is 8.00. The minimum atomic E-state index is -3.03. The van der Waals surface area contributed by atoms with Crippen LogP contribution < -0.4 is 0 Å². The van der Waals surface area contributed by atoms with Crippen molar-refractivity contribution in [3.63, 3.8) is 0 Å². The first-order valence-corrected chi connectivity index (χ1v) is 10.6. The zero-order chi connectivity index (χ0) is 18.0. The molecular formula is C16H19N3O4S2. The van der Waals surface area contributed by atoms with Gasteiger partial charge in [0.2, 0.25) is 11.8 Å². The molecule has 0 radical (unpaired) electrons. The van der Waals surface area contributed by atoms with Crippen molar-refractivity contribution >= 4 is 27.5 Å². The van der Waals surface area contributed by atoms with Crippen molar-refractivity contribution in [1.29, 1.82) is 0 Å². The van der Waals surface area contributed by atoms with Gasteiger partial charge in [0, 0.05) is 18.7 Å². The summed E-state index contributed by atoms with van der Waals surface area (Å²) in [6, 6.07) is 9.13. The van der Waals surface area contributed by atoms with Crippen LogP contribution in [0.2, 0.25) is 0 Å². The van der Waals surface area contributed by atoms with E-state index in [9.17, 15) is 13.2 Å². The van der Waals surface area contributed by atoms with Crippen LogP contribution in [0.5, 0.6) is 0 Å². The molecule has 2 atom stereocenters. The number of sulfone groups is 1. The predicted octanol–water partition coefficient (Wildman–Crippen LogP) is 1.86. The number of hydrogen-bond donors (Lipinski definition) is 0. The first-order valence-electron chi connectivity index (χ1n) is 7.88. The van der Waals surface area contributed by atoms with Gasteiger partial charge in [-0.15, -0.1) is 10.2 Å². The molecule has 25 heavy (non-hydrogen) atoms. The topological polar surface area (TPSA) is 93.4 Å². The minimum absolute atomic E-state index is 0.0331. The number of amides is 1. The van der Waals surface area contributed by atoms with Gasteiger partial charge in [0.25, 0.3) is 5.22 Å². The van der Waals surface area contributed by atoms with Crippen LogP contribution >= 0.6 is 11.8 Å². The molecule has 1 amide bonds. The fourth-order valence-corrected chi connectivity index (χ4v) is 5.26. The van der Waals surface area contributed by atoms with Gasteiger partial charge in [-0.1, -0.05) is 30.0 Å². The molecule has 9 heteroatoms. The third-order valence-corrected chi connectivity index (χ3v) is 6.83. The van der Waals surface area contributed by atoms with Gasteiger partial charge in [0.05, 0.1) is 16.8 Å². The van der Waals surface area contributed by atoms with E-state index in [-0.39, 0.29) is 23.5 Å². The predicted molar refractivity (Wildman–Crippen MR) is 94.9 cm³/mol. The van der Waals surface area contributed by atoms with Crippen molar-refractivity contribution in [2.24, 2.45) is 0 Å². The van der Waals surface area contributed by atoms with Gasteiger partial charge in [0.15, 0.2) is 9.84 Å². The molecule has 1 aliphatic rings. The van der Waals surface area contributed by atoms with Crippen molar-refractivity contribution in [2.75, 3.05) is 18.6 Å². The Bertz CT molecular complexity index is 851. The third kappa shape index (κ3) is 4.21. The second-order valence-electron chi connectivity index (χ2n) is 6.01. The SMILES string of the molecule is C[C@H](Sc1nnc(-c2ccccc2)o1)C(=O)N(C)[C@H]1CCS(=O)(=O)C1. The van der Waals surface area contributed by atoms with E-state index in [4.69, 9.17) is 4.42 Å². The first kappa shape index (κ1) is 17.9. The van der Waals surface area contributed by atoms with Crippen molar-refractivity contribution in [2.45, 2.75) is 29.9 Å². The molecule has 0 spiro atoms. The second kappa shape index (κ2) is 7.17. The average molecular weight is 381 g/mol. The number of carbonyl (C=O) groups is 1. The Morgan fingerprint density at radius 1 is 1.32 bits per heavy atom. The molecule has 2 heterocycles. The molecule has 0 N–H and O–H groups in total. The lowest BCUT2D eigenvalue weighted by molar-refractivity contribution is -0.130. The smallest absolute Gasteiger partial charge is 0.277 e. The molecule has 1 aromatic carbocycles. The van der Waals surface area contributed by atoms with Crippen LogP contribution in [0.3, 0.4) is 0 Å². The molecule has 1 saturated heterocycles. The van der Waals surface area contributed by atoms with Gasteiger partial charge in [-0.3, -0.25) is 4.79 Å². The van der Waals surface area contributed by atoms with E-state index < -0.39 is 15.1 Å². The van der Waals surface area contributed by atoms with Crippen molar-refractivity contribution in [1.82, 2.24) is 15.1 Å². The van der Waals surface area contributed by atoms with Crippen LogP contribution in [0.4, 0.5) is 0 Å². The number of rotatable bonds is 5. The number of thioether (sulfide) groups is 1. The van der Waals surface area contributed by atoms with E-state index in [0.29, 0.717) is 17.5 Å². The number of aromatic nitrogens is 2. The van der Waals surface area contributed by atoms with Crippen molar-refractivity contribution < 1.29 is 17.6 Å². The van der Waals surface area contributed by atoms with Crippen LogP contribution in [-0.2, 0) is 14.6 Å². The molecule has 0 saturated carbocycles. The van der Waals surface area contributed by atoms with Gasteiger partial charge in [-0.05, 0) is 25.5 Å². The van der Waals surface area contributed by atoms with E-state index in [1.54, 1.807) is 14.0 Å². The molecule has 1 fully saturated rings. The van der Waals surface area contributed by atoms with E-state index in [2.05, 4.69) is 10.2 Å². The molecular weight excluding hydrogens is 362 g/mol. The standard InChI is InChI=1S/C16H19N3O4S2/c1-11(15(20)19(2)13-8-9-25(21,22)10-13)24-16-18-17-14(23-16)12-6-4-3-5-7-12/h3-7,11,13H,8-10H2,1-2H3/t11-,13-/m0/s1. The maximum Gasteiger partial charge on any atom is 0.277 e. The number of nitrogens with zero attached hydrogens (tertiary/aromatic N) is 3. The minimum Gasteiger partial charge on any atom is -0.411 e. The summed E-state index contributed by atoms with van der Waals surface area (Å²) in [5, 5.41) is 7.84. The summed E-state index contributed by atoms with van der Waals surface area (Å²) in [6.07, 6.45) is 0.487. The normalized spacial score (nSPS) is 20.3. The van der Waals surface area contributed by atoms with Crippen molar-refractivity contribution in [3.05, 3.63) is 30.3 Å². The fraction of sp³-hybridized carbons (Fsp3) is 0.438. The molecule has 1 aliphatic heterocycles. The van der Waals surface area contributed by atoms with Gasteiger partial charge in [-0.25, -0.2) is 8.42 Å². The summed E-state index contributed by atoms with van der Waals surface area (Å²) in [5.74, 6) is 0.427. The van der Waals surface area contributed by atoms with Gasteiger partial charge >= 0.3 is 0 Å². The lowest BCUT2D eigenvalue weighted by Gasteiger charge is -2.25. The zero-order valence-corrected chi connectivity index (χ0v) is 15.6. The highest BCUT2D eigenvalue weighted by Crippen LogP contribution is 2.28. The quantitative estimate of drug-likeness (QED) is 0.730. The van der Waals surface area contributed by atoms with Gasteiger partial charge in [0.1, 0.15) is 0 Å². The van der Waals surface area contributed by atoms with Crippen LogP contribution in [0, 0.1) is 0 Å². The fourth-order valence-electron chi connectivity index (χ4n) is 2.70. The Labute approximate surface area is 150 Å². The summed E-state index contributed by atoms with van der Waals surface area (Å²) in [7, 11) is -1.38. The van der Waals surface area contributed by atoms with E-state index in [0.717, 1.165) is 5.56 Å². The molecule has 7 nitrogen and oxygen atoms in total. The molecule has 1 aromatic heterocycles. The van der Waals surface area contributed by atoms with Crippen LogP contribution in [0.1, 0.15) is 13.3 Å². The molecule has 0 bridgehead atoms. The van der Waals surface area contributed by atoms with Crippen LogP contribution in [-0.4, -0.2) is 59.3 Å². The Hall–Kier alpha value is -1.87. The van der Waals surface area contributed by atoms with E-state index >= 15 is 0 Å². The summed E-state index contributed by atoms with van der Waals surface area (Å²) in [4.78, 5) is 14.1. The number of benzene rings is 1. The monoisotopic (exact) mass is 381 g/mol. The Morgan fingerprint density at radius 3 is 2.68 bits per heavy atom. The maximum absolute atomic E-state index is 12.5. The first-order chi connectivity index (χ1) is 11.9. The maximum atomic E-state index is 12.5. The molecule has 0 unspecified atom stereocenters. The summed E-state index contributed by atoms with van der Waals surface area (Å²) >= 11 is 1.17. The van der Waals surface area contributed by atoms with Gasteiger partial charge < -0.3 is 9.32 Å².